The SMILES string of the molecule is COCC(CO)NC(=O)CC(C)C. The van der Waals surface area contributed by atoms with E-state index >= 15 is 0 Å². The number of methoxy groups -OCH3 is 1. The summed E-state index contributed by atoms with van der Waals surface area (Å²) in [4.78, 5) is 11.2. The van der Waals surface area contributed by atoms with Crippen LogP contribution in [0, 0.1) is 5.92 Å². The molecular formula is C9H19NO3. The van der Waals surface area contributed by atoms with Gasteiger partial charge < -0.3 is 15.2 Å². The van der Waals surface area contributed by atoms with Crippen LogP contribution in [-0.2, 0) is 9.53 Å². The van der Waals surface area contributed by atoms with E-state index in [-0.39, 0.29) is 18.6 Å². The first-order valence-electron chi connectivity index (χ1n) is 4.49. The summed E-state index contributed by atoms with van der Waals surface area (Å²) in [6.45, 7) is 4.21. The van der Waals surface area contributed by atoms with Gasteiger partial charge in [0.25, 0.3) is 0 Å². The van der Waals surface area contributed by atoms with Crippen LogP contribution in [0.4, 0.5) is 0 Å². The minimum Gasteiger partial charge on any atom is -0.394 e. The highest BCUT2D eigenvalue weighted by atomic mass is 16.5. The van der Waals surface area contributed by atoms with Gasteiger partial charge in [-0.15, -0.1) is 0 Å². The van der Waals surface area contributed by atoms with Gasteiger partial charge in [0.1, 0.15) is 0 Å². The number of carbonyl (C=O) groups excluding carboxylic acids is 1. The summed E-state index contributed by atoms with van der Waals surface area (Å²) in [5.74, 6) is 0.299. The van der Waals surface area contributed by atoms with Gasteiger partial charge in [-0.05, 0) is 5.92 Å². The topological polar surface area (TPSA) is 58.6 Å². The zero-order chi connectivity index (χ0) is 10.3. The van der Waals surface area contributed by atoms with Gasteiger partial charge in [-0.2, -0.15) is 0 Å². The second-order valence-electron chi connectivity index (χ2n) is 3.50. The first kappa shape index (κ1) is 12.4. The van der Waals surface area contributed by atoms with E-state index < -0.39 is 0 Å². The molecule has 4 nitrogen and oxygen atoms in total. The van der Waals surface area contributed by atoms with E-state index in [2.05, 4.69) is 5.32 Å². The third-order valence-corrected chi connectivity index (χ3v) is 1.55. The molecule has 0 radical (unpaired) electrons. The standard InChI is InChI=1S/C9H19NO3/c1-7(2)4-9(12)10-8(5-11)6-13-3/h7-8,11H,4-6H2,1-3H3,(H,10,12). The Hall–Kier alpha value is -0.610. The summed E-state index contributed by atoms with van der Waals surface area (Å²) in [5.41, 5.74) is 0. The lowest BCUT2D eigenvalue weighted by Crippen LogP contribution is -2.40. The van der Waals surface area contributed by atoms with Crippen molar-refractivity contribution >= 4 is 5.91 Å². The van der Waals surface area contributed by atoms with Crippen molar-refractivity contribution in [1.29, 1.82) is 0 Å². The number of nitrogens with one attached hydrogen (secondary N) is 1. The van der Waals surface area contributed by atoms with E-state index in [9.17, 15) is 4.79 Å². The monoisotopic (exact) mass is 189 g/mol. The largest absolute Gasteiger partial charge is 0.394 e. The van der Waals surface area contributed by atoms with E-state index in [1.165, 1.54) is 7.11 Å². The smallest absolute Gasteiger partial charge is 0.220 e. The zero-order valence-corrected chi connectivity index (χ0v) is 8.54. The molecule has 2 N–H and O–H groups in total. The van der Waals surface area contributed by atoms with Crippen LogP contribution in [0.1, 0.15) is 20.3 Å². The predicted octanol–water partition coefficient (Wildman–Crippen LogP) is 0.156. The van der Waals surface area contributed by atoms with Crippen molar-refractivity contribution in [2.24, 2.45) is 5.92 Å². The highest BCUT2D eigenvalue weighted by Gasteiger charge is 2.11. The molecule has 0 aromatic heterocycles. The van der Waals surface area contributed by atoms with Gasteiger partial charge in [-0.1, -0.05) is 13.8 Å². The summed E-state index contributed by atoms with van der Waals surface area (Å²) in [5, 5.41) is 11.5. The van der Waals surface area contributed by atoms with E-state index in [0.717, 1.165) is 0 Å². The quantitative estimate of drug-likeness (QED) is 0.625. The average molecular weight is 189 g/mol. The molecule has 1 amide bonds. The lowest BCUT2D eigenvalue weighted by Gasteiger charge is -2.15. The Morgan fingerprint density at radius 1 is 1.54 bits per heavy atom. The van der Waals surface area contributed by atoms with Gasteiger partial charge in [0.15, 0.2) is 0 Å². The van der Waals surface area contributed by atoms with E-state index in [0.29, 0.717) is 18.9 Å². The number of aliphatic hydroxyl groups is 1. The fourth-order valence-electron chi connectivity index (χ4n) is 0.999. The molecule has 0 aromatic carbocycles. The molecule has 0 aliphatic carbocycles. The van der Waals surface area contributed by atoms with Crippen LogP contribution in [0.3, 0.4) is 0 Å². The van der Waals surface area contributed by atoms with Crippen molar-refractivity contribution in [1.82, 2.24) is 5.32 Å². The fourth-order valence-corrected chi connectivity index (χ4v) is 0.999. The second kappa shape index (κ2) is 6.86. The van der Waals surface area contributed by atoms with Crippen LogP contribution in [0.15, 0.2) is 0 Å². The first-order chi connectivity index (χ1) is 6.10. The van der Waals surface area contributed by atoms with Crippen LogP contribution in [0.25, 0.3) is 0 Å². The molecule has 1 atom stereocenters. The highest BCUT2D eigenvalue weighted by Crippen LogP contribution is 1.98. The molecule has 78 valence electrons. The zero-order valence-electron chi connectivity index (χ0n) is 8.54. The van der Waals surface area contributed by atoms with E-state index in [1.54, 1.807) is 0 Å². The Morgan fingerprint density at radius 2 is 2.15 bits per heavy atom. The van der Waals surface area contributed by atoms with Crippen molar-refractivity contribution in [2.45, 2.75) is 26.3 Å². The van der Waals surface area contributed by atoms with Crippen molar-refractivity contribution < 1.29 is 14.6 Å². The molecule has 1 unspecified atom stereocenters. The molecule has 0 saturated carbocycles. The van der Waals surface area contributed by atoms with Crippen LogP contribution in [-0.4, -0.2) is 37.4 Å². The normalized spacial score (nSPS) is 13.0. The maximum atomic E-state index is 11.2. The number of amides is 1. The minimum atomic E-state index is -0.281. The maximum absolute atomic E-state index is 11.2. The van der Waals surface area contributed by atoms with Gasteiger partial charge in [0, 0.05) is 13.5 Å². The molecule has 0 heterocycles. The minimum absolute atomic E-state index is 0.0360. The van der Waals surface area contributed by atoms with Gasteiger partial charge in [-0.25, -0.2) is 0 Å². The summed E-state index contributed by atoms with van der Waals surface area (Å²) in [6.07, 6.45) is 0.486. The molecule has 0 aliphatic rings. The number of carbonyl (C=O) groups is 1. The van der Waals surface area contributed by atoms with Crippen molar-refractivity contribution in [3.63, 3.8) is 0 Å². The number of aliphatic hydroxyl groups excluding tert-OH is 1. The van der Waals surface area contributed by atoms with Crippen LogP contribution < -0.4 is 5.32 Å². The van der Waals surface area contributed by atoms with Crippen LogP contribution >= 0.6 is 0 Å². The Morgan fingerprint density at radius 3 is 2.54 bits per heavy atom. The van der Waals surface area contributed by atoms with Gasteiger partial charge in [-0.3, -0.25) is 4.79 Å². The lowest BCUT2D eigenvalue weighted by atomic mass is 10.1. The molecule has 0 bridgehead atoms. The van der Waals surface area contributed by atoms with E-state index in [1.807, 2.05) is 13.8 Å². The highest BCUT2D eigenvalue weighted by molar-refractivity contribution is 5.76. The first-order valence-corrected chi connectivity index (χ1v) is 4.49. The Bertz CT molecular complexity index is 148. The van der Waals surface area contributed by atoms with Gasteiger partial charge >= 0.3 is 0 Å². The molecule has 0 aliphatic heterocycles. The van der Waals surface area contributed by atoms with Crippen molar-refractivity contribution in [3.8, 4) is 0 Å². The van der Waals surface area contributed by atoms with Crippen molar-refractivity contribution in [2.75, 3.05) is 20.3 Å². The summed E-state index contributed by atoms with van der Waals surface area (Å²) in [6, 6.07) is -0.281. The number of hydrogen-bond donors (Lipinski definition) is 2. The third kappa shape index (κ3) is 6.54. The number of hydrogen-bond acceptors (Lipinski definition) is 3. The molecule has 0 fully saturated rings. The Kier molecular flexibility index (Phi) is 6.54. The Balaban J connectivity index is 3.73. The molecule has 0 aromatic rings. The molecule has 0 rings (SSSR count). The molecular weight excluding hydrogens is 170 g/mol. The lowest BCUT2D eigenvalue weighted by molar-refractivity contribution is -0.123. The molecule has 13 heavy (non-hydrogen) atoms. The molecule has 4 heteroatoms. The van der Waals surface area contributed by atoms with Crippen molar-refractivity contribution in [3.05, 3.63) is 0 Å². The van der Waals surface area contributed by atoms with Gasteiger partial charge in [0.2, 0.25) is 5.91 Å². The Labute approximate surface area is 79.3 Å². The number of rotatable bonds is 6. The third-order valence-electron chi connectivity index (χ3n) is 1.55. The number of ether oxygens (including phenoxy) is 1. The summed E-state index contributed by atoms with van der Waals surface area (Å²) >= 11 is 0. The fraction of sp³-hybridized carbons (Fsp3) is 0.889. The predicted molar refractivity (Wildman–Crippen MR) is 50.3 cm³/mol. The average Bonchev–Trinajstić information content (AvgIpc) is 2.02. The summed E-state index contributed by atoms with van der Waals surface area (Å²) < 4.78 is 4.83. The molecule has 0 spiro atoms. The second-order valence-corrected chi connectivity index (χ2v) is 3.50. The van der Waals surface area contributed by atoms with E-state index in [4.69, 9.17) is 9.84 Å². The maximum Gasteiger partial charge on any atom is 0.220 e. The van der Waals surface area contributed by atoms with Crippen LogP contribution in [0.5, 0.6) is 0 Å². The van der Waals surface area contributed by atoms with Crippen LogP contribution in [0.2, 0.25) is 0 Å². The van der Waals surface area contributed by atoms with Gasteiger partial charge in [0.05, 0.1) is 19.3 Å². The summed E-state index contributed by atoms with van der Waals surface area (Å²) in [7, 11) is 1.54. The molecule has 0 saturated heterocycles.